The van der Waals surface area contributed by atoms with Crippen molar-refractivity contribution in [3.05, 3.63) is 36.4 Å². The van der Waals surface area contributed by atoms with Crippen LogP contribution in [0.5, 0.6) is 11.8 Å². The van der Waals surface area contributed by atoms with Gasteiger partial charge in [-0.2, -0.15) is 9.97 Å². The predicted octanol–water partition coefficient (Wildman–Crippen LogP) is 1.24. The molecule has 0 spiro atoms. The Bertz CT molecular complexity index is 703. The summed E-state index contributed by atoms with van der Waals surface area (Å²) in [5, 5.41) is 0. The second-order valence-corrected chi connectivity index (χ2v) is 5.61. The van der Waals surface area contributed by atoms with Gasteiger partial charge >= 0.3 is 0 Å². The van der Waals surface area contributed by atoms with Crippen LogP contribution in [0, 0.1) is 0 Å². The van der Waals surface area contributed by atoms with E-state index in [0.717, 1.165) is 25.2 Å². The third-order valence-electron chi connectivity index (χ3n) is 4.10. The lowest BCUT2D eigenvalue weighted by Gasteiger charge is -2.23. The lowest BCUT2D eigenvalue weighted by Crippen LogP contribution is -2.36. The number of rotatable bonds is 4. The Hall–Kier alpha value is -2.90. The van der Waals surface area contributed by atoms with Gasteiger partial charge in [-0.15, -0.1) is 0 Å². The topological polar surface area (TPSA) is 80.7 Å². The Labute approximate surface area is 146 Å². The SMILES string of the molecule is COc1cc(OC)nc(C(=O)N2CCCN(c3ccncc3)CC2)n1. The van der Waals surface area contributed by atoms with E-state index in [0.29, 0.717) is 24.8 Å². The highest BCUT2D eigenvalue weighted by Gasteiger charge is 2.23. The summed E-state index contributed by atoms with van der Waals surface area (Å²) in [5.74, 6) is 0.495. The van der Waals surface area contributed by atoms with E-state index >= 15 is 0 Å². The number of hydrogen-bond donors (Lipinski definition) is 0. The van der Waals surface area contributed by atoms with E-state index in [9.17, 15) is 4.79 Å². The van der Waals surface area contributed by atoms with Crippen LogP contribution in [0.25, 0.3) is 0 Å². The molecule has 0 unspecified atom stereocenters. The molecular weight excluding hydrogens is 322 g/mol. The molecule has 2 aromatic heterocycles. The first-order valence-electron chi connectivity index (χ1n) is 8.12. The molecule has 1 amide bonds. The molecule has 2 aromatic rings. The van der Waals surface area contributed by atoms with Crippen LogP contribution in [0.3, 0.4) is 0 Å². The molecule has 132 valence electrons. The van der Waals surface area contributed by atoms with Crippen molar-refractivity contribution in [3.8, 4) is 11.8 Å². The van der Waals surface area contributed by atoms with Crippen LogP contribution in [0.4, 0.5) is 5.69 Å². The number of hydrogen-bond acceptors (Lipinski definition) is 7. The van der Waals surface area contributed by atoms with Crippen molar-refractivity contribution in [1.29, 1.82) is 0 Å². The van der Waals surface area contributed by atoms with E-state index in [-0.39, 0.29) is 11.7 Å². The molecule has 25 heavy (non-hydrogen) atoms. The van der Waals surface area contributed by atoms with Crippen molar-refractivity contribution < 1.29 is 14.3 Å². The van der Waals surface area contributed by atoms with Crippen molar-refractivity contribution in [1.82, 2.24) is 19.9 Å². The Morgan fingerprint density at radius 3 is 2.32 bits per heavy atom. The van der Waals surface area contributed by atoms with Gasteiger partial charge in [0, 0.05) is 44.3 Å². The molecule has 0 saturated carbocycles. The molecule has 3 rings (SSSR count). The van der Waals surface area contributed by atoms with Gasteiger partial charge in [0.05, 0.1) is 20.3 Å². The Balaban J connectivity index is 1.73. The summed E-state index contributed by atoms with van der Waals surface area (Å²) in [5.41, 5.74) is 1.11. The third kappa shape index (κ3) is 3.96. The maximum absolute atomic E-state index is 12.8. The molecule has 0 N–H and O–H groups in total. The molecule has 0 aromatic carbocycles. The quantitative estimate of drug-likeness (QED) is 0.826. The zero-order valence-electron chi connectivity index (χ0n) is 14.4. The number of carbonyl (C=O) groups excluding carboxylic acids is 1. The third-order valence-corrected chi connectivity index (χ3v) is 4.10. The number of aromatic nitrogens is 3. The van der Waals surface area contributed by atoms with Crippen LogP contribution in [0.2, 0.25) is 0 Å². The van der Waals surface area contributed by atoms with E-state index < -0.39 is 0 Å². The number of methoxy groups -OCH3 is 2. The average Bonchev–Trinajstić information content (AvgIpc) is 2.93. The zero-order chi connectivity index (χ0) is 17.6. The van der Waals surface area contributed by atoms with Crippen LogP contribution >= 0.6 is 0 Å². The van der Waals surface area contributed by atoms with Gasteiger partial charge in [0.25, 0.3) is 5.91 Å². The van der Waals surface area contributed by atoms with Gasteiger partial charge < -0.3 is 19.3 Å². The molecule has 3 heterocycles. The highest BCUT2D eigenvalue weighted by atomic mass is 16.5. The summed E-state index contributed by atoms with van der Waals surface area (Å²) in [6.07, 6.45) is 4.42. The molecule has 8 heteroatoms. The molecule has 1 saturated heterocycles. The smallest absolute Gasteiger partial charge is 0.291 e. The molecule has 8 nitrogen and oxygen atoms in total. The van der Waals surface area contributed by atoms with Crippen LogP contribution in [0.1, 0.15) is 17.0 Å². The standard InChI is InChI=1S/C17H21N5O3/c1-24-14-12-15(25-2)20-16(19-14)17(23)22-9-3-8-21(10-11-22)13-4-6-18-7-5-13/h4-7,12H,3,8-11H2,1-2H3. The maximum Gasteiger partial charge on any atom is 0.291 e. The Morgan fingerprint density at radius 2 is 1.68 bits per heavy atom. The summed E-state index contributed by atoms with van der Waals surface area (Å²) < 4.78 is 10.2. The van der Waals surface area contributed by atoms with E-state index in [1.807, 2.05) is 12.1 Å². The molecule has 0 radical (unpaired) electrons. The Morgan fingerprint density at radius 1 is 1.00 bits per heavy atom. The van der Waals surface area contributed by atoms with Gasteiger partial charge in [-0.25, -0.2) is 0 Å². The Kier molecular flexibility index (Phi) is 5.27. The number of amides is 1. The van der Waals surface area contributed by atoms with Crippen LogP contribution in [-0.2, 0) is 0 Å². The molecule has 0 atom stereocenters. The zero-order valence-corrected chi connectivity index (χ0v) is 14.4. The molecule has 0 bridgehead atoms. The number of ether oxygens (including phenoxy) is 2. The summed E-state index contributed by atoms with van der Waals surface area (Å²) >= 11 is 0. The molecule has 1 aliphatic heterocycles. The lowest BCUT2D eigenvalue weighted by atomic mass is 10.3. The van der Waals surface area contributed by atoms with E-state index in [1.54, 1.807) is 23.4 Å². The fourth-order valence-electron chi connectivity index (χ4n) is 2.78. The molecule has 1 fully saturated rings. The largest absolute Gasteiger partial charge is 0.481 e. The summed E-state index contributed by atoms with van der Waals surface area (Å²) in [7, 11) is 2.99. The van der Waals surface area contributed by atoms with Gasteiger partial charge in [-0.05, 0) is 18.6 Å². The first-order chi connectivity index (χ1) is 12.2. The van der Waals surface area contributed by atoms with Gasteiger partial charge in [0.15, 0.2) is 0 Å². The van der Waals surface area contributed by atoms with E-state index in [4.69, 9.17) is 9.47 Å². The first-order valence-corrected chi connectivity index (χ1v) is 8.12. The van der Waals surface area contributed by atoms with Gasteiger partial charge in [0.1, 0.15) is 0 Å². The second kappa shape index (κ2) is 7.78. The van der Waals surface area contributed by atoms with Crippen LogP contribution in [0.15, 0.2) is 30.6 Å². The van der Waals surface area contributed by atoms with Crippen LogP contribution < -0.4 is 14.4 Å². The number of anilines is 1. The fourth-order valence-corrected chi connectivity index (χ4v) is 2.78. The molecule has 1 aliphatic rings. The minimum Gasteiger partial charge on any atom is -0.481 e. The molecular formula is C17H21N5O3. The summed E-state index contributed by atoms with van der Waals surface area (Å²) in [4.78, 5) is 29.2. The highest BCUT2D eigenvalue weighted by Crippen LogP contribution is 2.18. The van der Waals surface area contributed by atoms with Gasteiger partial charge in [-0.1, -0.05) is 0 Å². The number of nitrogens with zero attached hydrogens (tertiary/aromatic N) is 5. The van der Waals surface area contributed by atoms with Crippen LogP contribution in [-0.4, -0.2) is 66.2 Å². The van der Waals surface area contributed by atoms with E-state index in [2.05, 4.69) is 19.9 Å². The lowest BCUT2D eigenvalue weighted by molar-refractivity contribution is 0.0752. The van der Waals surface area contributed by atoms with Gasteiger partial charge in [0.2, 0.25) is 17.6 Å². The van der Waals surface area contributed by atoms with Crippen molar-refractivity contribution in [2.24, 2.45) is 0 Å². The second-order valence-electron chi connectivity index (χ2n) is 5.61. The van der Waals surface area contributed by atoms with Crippen molar-refractivity contribution in [2.45, 2.75) is 6.42 Å². The fraction of sp³-hybridized carbons (Fsp3) is 0.412. The van der Waals surface area contributed by atoms with Crippen molar-refractivity contribution in [2.75, 3.05) is 45.3 Å². The summed E-state index contributed by atoms with van der Waals surface area (Å²) in [6, 6.07) is 5.51. The molecule has 0 aliphatic carbocycles. The number of pyridine rings is 1. The monoisotopic (exact) mass is 343 g/mol. The minimum absolute atomic E-state index is 0.0913. The maximum atomic E-state index is 12.8. The van der Waals surface area contributed by atoms with Gasteiger partial charge in [-0.3, -0.25) is 9.78 Å². The average molecular weight is 343 g/mol. The predicted molar refractivity (Wildman–Crippen MR) is 92.1 cm³/mol. The highest BCUT2D eigenvalue weighted by molar-refractivity contribution is 5.90. The first kappa shape index (κ1) is 16.9. The normalized spacial score (nSPS) is 14.8. The van der Waals surface area contributed by atoms with Crippen molar-refractivity contribution in [3.63, 3.8) is 0 Å². The summed E-state index contributed by atoms with van der Waals surface area (Å²) in [6.45, 7) is 2.89. The number of carbonyl (C=O) groups is 1. The minimum atomic E-state index is -0.214. The van der Waals surface area contributed by atoms with Crippen molar-refractivity contribution >= 4 is 11.6 Å². The van der Waals surface area contributed by atoms with E-state index in [1.165, 1.54) is 14.2 Å².